The molecule has 13 heavy (non-hydrogen) atoms. The van der Waals surface area contributed by atoms with Crippen LogP contribution in [0.5, 0.6) is 0 Å². The van der Waals surface area contributed by atoms with E-state index in [0.717, 1.165) is 6.42 Å². The van der Waals surface area contributed by atoms with Crippen molar-refractivity contribution in [3.05, 3.63) is 30.1 Å². The van der Waals surface area contributed by atoms with E-state index in [1.54, 1.807) is 0 Å². The topological polar surface area (TPSA) is 38.9 Å². The number of hydrogen-bond donors (Lipinski definition) is 1. The smallest absolute Gasteiger partial charge is 0.0406 e. The Morgan fingerprint density at radius 3 is 2.92 bits per heavy atom. The molecule has 2 nitrogen and oxygen atoms in total. The van der Waals surface area contributed by atoms with Crippen molar-refractivity contribution < 1.29 is 0 Å². The fraction of sp³-hybridized carbons (Fsp3) is 0.545. The van der Waals surface area contributed by atoms with Crippen LogP contribution < -0.4 is 5.73 Å². The summed E-state index contributed by atoms with van der Waals surface area (Å²) >= 11 is 0. The Hall–Kier alpha value is -0.890. The van der Waals surface area contributed by atoms with Crippen molar-refractivity contribution in [2.24, 2.45) is 11.7 Å². The van der Waals surface area contributed by atoms with Gasteiger partial charge in [0.2, 0.25) is 0 Å². The van der Waals surface area contributed by atoms with E-state index in [1.165, 1.54) is 25.0 Å². The molecule has 1 fully saturated rings. The molecule has 0 bridgehead atoms. The van der Waals surface area contributed by atoms with Gasteiger partial charge in [0.25, 0.3) is 0 Å². The van der Waals surface area contributed by atoms with E-state index >= 15 is 0 Å². The lowest BCUT2D eigenvalue weighted by Crippen LogP contribution is -2.26. The minimum Gasteiger partial charge on any atom is -0.327 e. The lowest BCUT2D eigenvalue weighted by Gasteiger charge is -2.13. The molecule has 1 saturated carbocycles. The van der Waals surface area contributed by atoms with Gasteiger partial charge in [0.05, 0.1) is 0 Å². The molecule has 0 saturated heterocycles. The van der Waals surface area contributed by atoms with Gasteiger partial charge >= 0.3 is 0 Å². The lowest BCUT2D eigenvalue weighted by molar-refractivity contribution is 0.474. The molecule has 0 radical (unpaired) electrons. The molecule has 2 N–H and O–H groups in total. The molecule has 2 heteroatoms. The molecule has 0 amide bonds. The second-order valence-electron chi connectivity index (χ2n) is 3.88. The molecular formula is C11H16N2. The summed E-state index contributed by atoms with van der Waals surface area (Å²) in [5.74, 6) is 0.662. The van der Waals surface area contributed by atoms with E-state index in [9.17, 15) is 0 Å². The number of nitrogens with two attached hydrogens (primary N) is 1. The summed E-state index contributed by atoms with van der Waals surface area (Å²) in [4.78, 5) is 4.32. The Kier molecular flexibility index (Phi) is 2.60. The van der Waals surface area contributed by atoms with Crippen molar-refractivity contribution in [1.29, 1.82) is 0 Å². The molecule has 2 atom stereocenters. The zero-order chi connectivity index (χ0) is 9.10. The summed E-state index contributed by atoms with van der Waals surface area (Å²) < 4.78 is 0. The summed E-state index contributed by atoms with van der Waals surface area (Å²) in [5, 5.41) is 0. The quantitative estimate of drug-likeness (QED) is 0.745. The van der Waals surface area contributed by atoms with Crippen molar-refractivity contribution in [3.8, 4) is 0 Å². The van der Waals surface area contributed by atoms with Crippen LogP contribution in [0.15, 0.2) is 24.4 Å². The van der Waals surface area contributed by atoms with E-state index in [2.05, 4.69) is 11.1 Å². The van der Waals surface area contributed by atoms with Crippen LogP contribution in [0.3, 0.4) is 0 Å². The Labute approximate surface area is 79.2 Å². The third-order valence-corrected chi connectivity index (χ3v) is 2.92. The van der Waals surface area contributed by atoms with Crippen LogP contribution >= 0.6 is 0 Å². The standard InChI is InChI=1S/C11H16N2/c12-11-6-3-4-9(11)8-10-5-1-2-7-13-10/h1-2,5,7,9,11H,3-4,6,8,12H2/t9-,11-/m1/s1. The molecule has 0 aliphatic heterocycles. The van der Waals surface area contributed by atoms with Crippen molar-refractivity contribution in [1.82, 2.24) is 4.98 Å². The molecule has 70 valence electrons. The largest absolute Gasteiger partial charge is 0.327 e. The summed E-state index contributed by atoms with van der Waals surface area (Å²) in [6.07, 6.45) is 6.67. The first-order valence-corrected chi connectivity index (χ1v) is 5.02. The second-order valence-corrected chi connectivity index (χ2v) is 3.88. The first-order chi connectivity index (χ1) is 6.36. The van der Waals surface area contributed by atoms with Crippen molar-refractivity contribution >= 4 is 0 Å². The fourth-order valence-corrected chi connectivity index (χ4v) is 2.11. The van der Waals surface area contributed by atoms with E-state index in [0.29, 0.717) is 12.0 Å². The van der Waals surface area contributed by atoms with E-state index in [4.69, 9.17) is 5.73 Å². The number of hydrogen-bond acceptors (Lipinski definition) is 2. The zero-order valence-corrected chi connectivity index (χ0v) is 7.82. The maximum atomic E-state index is 6.00. The van der Waals surface area contributed by atoms with Crippen LogP contribution in [-0.2, 0) is 6.42 Å². The molecule has 1 aliphatic rings. The van der Waals surface area contributed by atoms with Crippen LogP contribution in [0, 0.1) is 5.92 Å². The number of nitrogens with zero attached hydrogens (tertiary/aromatic N) is 1. The average Bonchev–Trinajstić information content (AvgIpc) is 2.54. The van der Waals surface area contributed by atoms with Gasteiger partial charge in [-0.15, -0.1) is 0 Å². The molecule has 1 aromatic heterocycles. The van der Waals surface area contributed by atoms with Crippen LogP contribution in [0.25, 0.3) is 0 Å². The van der Waals surface area contributed by atoms with Gasteiger partial charge in [-0.2, -0.15) is 0 Å². The maximum Gasteiger partial charge on any atom is 0.0406 e. The zero-order valence-electron chi connectivity index (χ0n) is 7.82. The van der Waals surface area contributed by atoms with Gasteiger partial charge in [-0.1, -0.05) is 12.5 Å². The highest BCUT2D eigenvalue weighted by Gasteiger charge is 2.23. The van der Waals surface area contributed by atoms with Crippen LogP contribution in [-0.4, -0.2) is 11.0 Å². The number of rotatable bonds is 2. The molecule has 1 aliphatic carbocycles. The Morgan fingerprint density at radius 1 is 1.38 bits per heavy atom. The average molecular weight is 176 g/mol. The van der Waals surface area contributed by atoms with Crippen LogP contribution in [0.4, 0.5) is 0 Å². The summed E-state index contributed by atoms with van der Waals surface area (Å²) in [7, 11) is 0. The second kappa shape index (κ2) is 3.88. The Morgan fingerprint density at radius 2 is 2.31 bits per heavy atom. The van der Waals surface area contributed by atoms with E-state index in [-0.39, 0.29) is 0 Å². The van der Waals surface area contributed by atoms with Gasteiger partial charge in [0.1, 0.15) is 0 Å². The van der Waals surface area contributed by atoms with Gasteiger partial charge < -0.3 is 5.73 Å². The van der Waals surface area contributed by atoms with Gasteiger partial charge in [-0.25, -0.2) is 0 Å². The molecule has 0 unspecified atom stereocenters. The summed E-state index contributed by atoms with van der Waals surface area (Å²) in [5.41, 5.74) is 7.18. The highest BCUT2D eigenvalue weighted by atomic mass is 14.7. The molecule has 1 heterocycles. The highest BCUT2D eigenvalue weighted by molar-refractivity contribution is 5.05. The number of pyridine rings is 1. The number of aromatic nitrogens is 1. The Balaban J connectivity index is 1.98. The fourth-order valence-electron chi connectivity index (χ4n) is 2.11. The van der Waals surface area contributed by atoms with Gasteiger partial charge in [-0.05, 0) is 37.3 Å². The first kappa shape index (κ1) is 8.70. The van der Waals surface area contributed by atoms with Crippen molar-refractivity contribution in [2.45, 2.75) is 31.7 Å². The van der Waals surface area contributed by atoms with Crippen LogP contribution in [0.1, 0.15) is 25.0 Å². The molecule has 0 spiro atoms. The molecule has 2 rings (SSSR count). The predicted octanol–water partition coefficient (Wildman–Crippen LogP) is 1.75. The maximum absolute atomic E-state index is 6.00. The third kappa shape index (κ3) is 2.07. The molecule has 1 aromatic rings. The van der Waals surface area contributed by atoms with Gasteiger partial charge in [-0.3, -0.25) is 4.98 Å². The highest BCUT2D eigenvalue weighted by Crippen LogP contribution is 2.26. The van der Waals surface area contributed by atoms with Crippen molar-refractivity contribution in [2.75, 3.05) is 0 Å². The van der Waals surface area contributed by atoms with Gasteiger partial charge in [0, 0.05) is 17.9 Å². The van der Waals surface area contributed by atoms with E-state index < -0.39 is 0 Å². The Bertz CT molecular complexity index is 258. The first-order valence-electron chi connectivity index (χ1n) is 5.02. The lowest BCUT2D eigenvalue weighted by atomic mass is 9.98. The monoisotopic (exact) mass is 176 g/mol. The minimum absolute atomic E-state index is 0.405. The molecule has 0 aromatic carbocycles. The van der Waals surface area contributed by atoms with Crippen LogP contribution in [0.2, 0.25) is 0 Å². The predicted molar refractivity (Wildman–Crippen MR) is 53.3 cm³/mol. The minimum atomic E-state index is 0.405. The summed E-state index contributed by atoms with van der Waals surface area (Å²) in [6, 6.07) is 6.49. The molecular weight excluding hydrogens is 160 g/mol. The SMILES string of the molecule is N[C@@H]1CCC[C@@H]1Cc1ccccn1. The normalized spacial score (nSPS) is 27.8. The summed E-state index contributed by atoms with van der Waals surface area (Å²) in [6.45, 7) is 0. The third-order valence-electron chi connectivity index (χ3n) is 2.92. The van der Waals surface area contributed by atoms with Crippen molar-refractivity contribution in [3.63, 3.8) is 0 Å². The van der Waals surface area contributed by atoms with E-state index in [1.807, 2.05) is 18.3 Å². The van der Waals surface area contributed by atoms with Gasteiger partial charge in [0.15, 0.2) is 0 Å².